The minimum atomic E-state index is -0.124. The van der Waals surface area contributed by atoms with Gasteiger partial charge in [0.2, 0.25) is 6.79 Å². The molecule has 0 atom stereocenters. The first-order chi connectivity index (χ1) is 11.7. The van der Waals surface area contributed by atoms with Crippen LogP contribution in [0.5, 0.6) is 17.2 Å². The maximum atomic E-state index is 13.1. The Hall–Kier alpha value is -2.40. The number of nitrogens with zero attached hydrogens (tertiary/aromatic N) is 1. The van der Waals surface area contributed by atoms with Crippen LogP contribution in [0.25, 0.3) is 0 Å². The number of anilines is 1. The summed E-state index contributed by atoms with van der Waals surface area (Å²) >= 11 is 6.22. The van der Waals surface area contributed by atoms with Gasteiger partial charge in [0.25, 0.3) is 5.91 Å². The number of para-hydroxylation sites is 1. The molecule has 24 heavy (non-hydrogen) atoms. The first-order valence-corrected chi connectivity index (χ1v) is 8.13. The third-order valence-electron chi connectivity index (χ3n) is 4.32. The molecule has 2 aliphatic heterocycles. The highest BCUT2D eigenvalue weighted by atomic mass is 35.5. The molecule has 5 nitrogen and oxygen atoms in total. The zero-order chi connectivity index (χ0) is 16.7. The Labute approximate surface area is 144 Å². The van der Waals surface area contributed by atoms with Gasteiger partial charge in [-0.15, -0.1) is 0 Å². The van der Waals surface area contributed by atoms with E-state index in [1.165, 1.54) is 0 Å². The van der Waals surface area contributed by atoms with Crippen molar-refractivity contribution in [1.82, 2.24) is 0 Å². The van der Waals surface area contributed by atoms with Crippen molar-refractivity contribution in [3.63, 3.8) is 0 Å². The van der Waals surface area contributed by atoms with Crippen molar-refractivity contribution in [1.29, 1.82) is 0 Å². The van der Waals surface area contributed by atoms with E-state index in [1.54, 1.807) is 24.1 Å². The maximum absolute atomic E-state index is 13.1. The van der Waals surface area contributed by atoms with Gasteiger partial charge < -0.3 is 19.1 Å². The Morgan fingerprint density at radius 1 is 1.29 bits per heavy atom. The molecule has 0 spiro atoms. The Morgan fingerprint density at radius 3 is 3.00 bits per heavy atom. The summed E-state index contributed by atoms with van der Waals surface area (Å²) in [7, 11) is 1.62. The quantitative estimate of drug-likeness (QED) is 0.833. The number of halogens is 1. The number of carbonyl (C=O) groups is 1. The van der Waals surface area contributed by atoms with Crippen molar-refractivity contribution in [3.05, 3.63) is 46.5 Å². The number of rotatable bonds is 2. The van der Waals surface area contributed by atoms with Gasteiger partial charge in [-0.25, -0.2) is 0 Å². The monoisotopic (exact) mass is 345 g/mol. The average molecular weight is 346 g/mol. The van der Waals surface area contributed by atoms with Crippen LogP contribution < -0.4 is 19.1 Å². The molecule has 124 valence electrons. The van der Waals surface area contributed by atoms with E-state index in [4.69, 9.17) is 25.8 Å². The number of amides is 1. The molecule has 0 bridgehead atoms. The van der Waals surface area contributed by atoms with E-state index in [-0.39, 0.29) is 12.7 Å². The zero-order valence-corrected chi connectivity index (χ0v) is 13.9. The highest BCUT2D eigenvalue weighted by Gasteiger charge is 2.29. The Balaban J connectivity index is 1.76. The number of ether oxygens (including phenoxy) is 3. The molecule has 0 aromatic heterocycles. The van der Waals surface area contributed by atoms with E-state index in [1.807, 2.05) is 18.2 Å². The fourth-order valence-electron chi connectivity index (χ4n) is 3.23. The lowest BCUT2D eigenvalue weighted by molar-refractivity contribution is 0.0984. The second-order valence-electron chi connectivity index (χ2n) is 5.72. The molecule has 0 saturated carbocycles. The molecule has 6 heteroatoms. The van der Waals surface area contributed by atoms with Crippen molar-refractivity contribution in [2.24, 2.45) is 0 Å². The summed E-state index contributed by atoms with van der Waals surface area (Å²) in [6.45, 7) is 0.755. The van der Waals surface area contributed by atoms with E-state index in [2.05, 4.69) is 0 Å². The Bertz CT molecular complexity index is 807. The number of fused-ring (bicyclic) bond motifs is 2. The summed E-state index contributed by atoms with van der Waals surface area (Å²) in [5, 5.41) is 0.380. The van der Waals surface area contributed by atoms with Gasteiger partial charge in [-0.1, -0.05) is 23.7 Å². The maximum Gasteiger partial charge on any atom is 0.258 e. The van der Waals surface area contributed by atoms with Crippen LogP contribution in [0.1, 0.15) is 22.3 Å². The van der Waals surface area contributed by atoms with Gasteiger partial charge in [0.1, 0.15) is 5.75 Å². The fourth-order valence-corrected chi connectivity index (χ4v) is 3.50. The van der Waals surface area contributed by atoms with E-state index < -0.39 is 0 Å². The van der Waals surface area contributed by atoms with E-state index in [0.29, 0.717) is 34.4 Å². The molecular weight excluding hydrogens is 330 g/mol. The molecular formula is C18H16ClNO4. The van der Waals surface area contributed by atoms with Gasteiger partial charge in [0.15, 0.2) is 11.5 Å². The Morgan fingerprint density at radius 2 is 2.17 bits per heavy atom. The molecule has 2 heterocycles. The van der Waals surface area contributed by atoms with E-state index in [9.17, 15) is 4.79 Å². The highest BCUT2D eigenvalue weighted by molar-refractivity contribution is 6.33. The van der Waals surface area contributed by atoms with Gasteiger partial charge in [0.05, 0.1) is 17.8 Å². The van der Waals surface area contributed by atoms with E-state index in [0.717, 1.165) is 24.1 Å². The van der Waals surface area contributed by atoms with Crippen LogP contribution in [0, 0.1) is 0 Å². The third-order valence-corrected chi connectivity index (χ3v) is 4.60. The van der Waals surface area contributed by atoms with Gasteiger partial charge in [-0.2, -0.15) is 0 Å². The molecule has 0 radical (unpaired) electrons. The first-order valence-electron chi connectivity index (χ1n) is 7.76. The molecule has 1 amide bonds. The Kier molecular flexibility index (Phi) is 3.73. The van der Waals surface area contributed by atoms with Gasteiger partial charge in [-0.3, -0.25) is 4.79 Å². The number of benzene rings is 2. The second-order valence-corrected chi connectivity index (χ2v) is 6.13. The smallest absolute Gasteiger partial charge is 0.258 e. The van der Waals surface area contributed by atoms with Crippen LogP contribution in [0.15, 0.2) is 30.3 Å². The lowest BCUT2D eigenvalue weighted by Gasteiger charge is -2.31. The highest BCUT2D eigenvalue weighted by Crippen LogP contribution is 2.41. The van der Waals surface area contributed by atoms with Crippen molar-refractivity contribution in [2.75, 3.05) is 25.3 Å². The number of hydrogen-bond donors (Lipinski definition) is 0. The minimum Gasteiger partial charge on any atom is -0.495 e. The molecule has 2 aromatic carbocycles. The zero-order valence-electron chi connectivity index (χ0n) is 13.2. The fraction of sp³-hybridized carbons (Fsp3) is 0.278. The summed E-state index contributed by atoms with van der Waals surface area (Å²) in [5.74, 6) is 1.57. The van der Waals surface area contributed by atoms with Crippen LogP contribution in [-0.2, 0) is 6.42 Å². The number of methoxy groups -OCH3 is 1. The predicted octanol–water partition coefficient (Wildman–Crippen LogP) is 3.67. The first kappa shape index (κ1) is 15.1. The molecule has 4 rings (SSSR count). The third kappa shape index (κ3) is 2.36. The molecule has 2 aromatic rings. The second kappa shape index (κ2) is 5.91. The van der Waals surface area contributed by atoms with Crippen LogP contribution in [0.3, 0.4) is 0 Å². The minimum absolute atomic E-state index is 0.118. The summed E-state index contributed by atoms with van der Waals surface area (Å²) in [4.78, 5) is 14.9. The molecule has 0 aliphatic carbocycles. The predicted molar refractivity (Wildman–Crippen MR) is 90.6 cm³/mol. The molecule has 0 fully saturated rings. The van der Waals surface area contributed by atoms with Gasteiger partial charge in [0, 0.05) is 12.1 Å². The summed E-state index contributed by atoms with van der Waals surface area (Å²) < 4.78 is 16.1. The van der Waals surface area contributed by atoms with Gasteiger partial charge >= 0.3 is 0 Å². The van der Waals surface area contributed by atoms with Crippen LogP contribution in [0.4, 0.5) is 5.69 Å². The number of aryl methyl sites for hydroxylation is 1. The summed E-state index contributed by atoms with van der Waals surface area (Å²) in [6, 6.07) is 9.16. The largest absolute Gasteiger partial charge is 0.495 e. The molecule has 0 unspecified atom stereocenters. The van der Waals surface area contributed by atoms with Crippen LogP contribution in [-0.4, -0.2) is 26.4 Å². The van der Waals surface area contributed by atoms with E-state index >= 15 is 0 Å². The van der Waals surface area contributed by atoms with Crippen molar-refractivity contribution in [3.8, 4) is 17.2 Å². The van der Waals surface area contributed by atoms with Gasteiger partial charge in [-0.05, 0) is 36.6 Å². The van der Waals surface area contributed by atoms with Crippen molar-refractivity contribution in [2.45, 2.75) is 12.8 Å². The average Bonchev–Trinajstić information content (AvgIpc) is 3.09. The summed E-state index contributed by atoms with van der Waals surface area (Å²) in [6.07, 6.45) is 1.84. The molecule has 0 saturated heterocycles. The normalized spacial score (nSPS) is 15.2. The van der Waals surface area contributed by atoms with Crippen LogP contribution in [0.2, 0.25) is 5.02 Å². The number of carbonyl (C=O) groups excluding carboxylic acids is 1. The molecule has 0 N–H and O–H groups in total. The summed E-state index contributed by atoms with van der Waals surface area (Å²) in [5.41, 5.74) is 2.42. The lowest BCUT2D eigenvalue weighted by Crippen LogP contribution is -2.35. The van der Waals surface area contributed by atoms with Crippen molar-refractivity contribution < 1.29 is 19.0 Å². The van der Waals surface area contributed by atoms with Crippen molar-refractivity contribution >= 4 is 23.2 Å². The topological polar surface area (TPSA) is 48.0 Å². The standard InChI is InChI=1S/C18H16ClNO4/c1-22-14-6-2-4-11-5-3-7-20(16(11)14)18(21)12-8-13(19)17-15(9-12)23-10-24-17/h2,4,6,8-9H,3,5,7,10H2,1H3. The molecule has 2 aliphatic rings. The SMILES string of the molecule is COc1cccc2c1N(C(=O)c1cc(Cl)c3c(c1)OCO3)CCC2. The number of hydrogen-bond acceptors (Lipinski definition) is 4. The van der Waals surface area contributed by atoms with Crippen LogP contribution >= 0.6 is 11.6 Å². The lowest BCUT2D eigenvalue weighted by atomic mass is 10.00.